The first kappa shape index (κ1) is 22.4. The number of thioether (sulfide) groups is 1. The molecule has 1 atom stereocenters. The number of rotatable bonds is 7. The Morgan fingerprint density at radius 3 is 2.69 bits per heavy atom. The maximum Gasteiger partial charge on any atom is 0.223 e. The van der Waals surface area contributed by atoms with E-state index in [0.717, 1.165) is 11.3 Å². The Kier molecular flexibility index (Phi) is 6.86. The fraction of sp³-hybridized carbons (Fsp3) is 0.391. The number of aromatic nitrogens is 4. The molecule has 0 spiro atoms. The summed E-state index contributed by atoms with van der Waals surface area (Å²) in [4.78, 5) is 16.8. The molecule has 0 aliphatic carbocycles. The molecule has 32 heavy (non-hydrogen) atoms. The smallest absolute Gasteiger partial charge is 0.223 e. The van der Waals surface area contributed by atoms with E-state index < -0.39 is 0 Å². The highest BCUT2D eigenvalue weighted by molar-refractivity contribution is 7.98. The number of hydrogen-bond donors (Lipinski definition) is 1. The van der Waals surface area contributed by atoms with Gasteiger partial charge in [-0.05, 0) is 68.7 Å². The molecule has 7 nitrogen and oxygen atoms in total. The van der Waals surface area contributed by atoms with Crippen LogP contribution in [-0.4, -0.2) is 37.9 Å². The van der Waals surface area contributed by atoms with Gasteiger partial charge in [-0.3, -0.25) is 14.3 Å². The molecule has 168 valence electrons. The van der Waals surface area contributed by atoms with Gasteiger partial charge in [0.05, 0.1) is 12.1 Å². The predicted octanol–water partition coefficient (Wildman–Crippen LogP) is 3.92. The average molecular weight is 456 g/mol. The highest BCUT2D eigenvalue weighted by atomic mass is 32.2. The summed E-state index contributed by atoms with van der Waals surface area (Å²) in [6, 6.07) is 10.1. The minimum atomic E-state index is -0.315. The molecule has 0 radical (unpaired) electrons. The molecule has 1 unspecified atom stereocenters. The van der Waals surface area contributed by atoms with E-state index >= 15 is 0 Å². The summed E-state index contributed by atoms with van der Waals surface area (Å²) in [5.74, 6) is 0.853. The van der Waals surface area contributed by atoms with Crippen molar-refractivity contribution in [2.24, 2.45) is 5.92 Å². The Morgan fingerprint density at radius 1 is 1.22 bits per heavy atom. The highest BCUT2D eigenvalue weighted by Crippen LogP contribution is 2.29. The average Bonchev–Trinajstić information content (AvgIpc) is 3.19. The molecule has 4 rings (SSSR count). The van der Waals surface area contributed by atoms with E-state index in [0.29, 0.717) is 36.2 Å². The SMILES string of the molecule is CC1(C)CC(C(=O)NCc2nnc(SCc3ccncc3)n2-c2ccc(F)cc2)CCO1. The van der Waals surface area contributed by atoms with Crippen LogP contribution in [0, 0.1) is 11.7 Å². The van der Waals surface area contributed by atoms with Crippen molar-refractivity contribution in [2.45, 2.75) is 49.7 Å². The van der Waals surface area contributed by atoms with E-state index in [2.05, 4.69) is 20.5 Å². The third-order valence-electron chi connectivity index (χ3n) is 5.39. The molecule has 1 aliphatic rings. The van der Waals surface area contributed by atoms with Gasteiger partial charge in [0.25, 0.3) is 0 Å². The van der Waals surface area contributed by atoms with Gasteiger partial charge >= 0.3 is 0 Å². The number of amides is 1. The topological polar surface area (TPSA) is 81.9 Å². The first-order valence-corrected chi connectivity index (χ1v) is 11.5. The third kappa shape index (κ3) is 5.52. The van der Waals surface area contributed by atoms with Crippen molar-refractivity contribution in [2.75, 3.05) is 6.61 Å². The summed E-state index contributed by atoms with van der Waals surface area (Å²) >= 11 is 1.52. The fourth-order valence-electron chi connectivity index (χ4n) is 3.75. The second kappa shape index (κ2) is 9.79. The molecule has 1 N–H and O–H groups in total. The standard InChI is InChI=1S/C23H26FN5O2S/c1-23(2)13-17(9-12-31-23)21(30)26-14-20-27-28-22(32-15-16-7-10-25-11-8-16)29(20)19-5-3-18(24)4-6-19/h3-8,10-11,17H,9,12-15H2,1-2H3,(H,26,30). The summed E-state index contributed by atoms with van der Waals surface area (Å²) in [6.07, 6.45) is 4.88. The Morgan fingerprint density at radius 2 is 1.97 bits per heavy atom. The van der Waals surface area contributed by atoms with Crippen LogP contribution in [-0.2, 0) is 21.8 Å². The maximum atomic E-state index is 13.5. The minimum Gasteiger partial charge on any atom is -0.376 e. The Labute approximate surface area is 190 Å². The largest absolute Gasteiger partial charge is 0.376 e. The van der Waals surface area contributed by atoms with Gasteiger partial charge in [0.1, 0.15) is 5.82 Å². The van der Waals surface area contributed by atoms with Crippen LogP contribution in [0.3, 0.4) is 0 Å². The number of hydrogen-bond acceptors (Lipinski definition) is 6. The number of carbonyl (C=O) groups excluding carboxylic acids is 1. The summed E-state index contributed by atoms with van der Waals surface area (Å²) < 4.78 is 21.1. The van der Waals surface area contributed by atoms with Gasteiger partial charge in [-0.15, -0.1) is 10.2 Å². The summed E-state index contributed by atoms with van der Waals surface area (Å²) in [5.41, 5.74) is 1.55. The third-order valence-corrected chi connectivity index (χ3v) is 6.39. The lowest BCUT2D eigenvalue weighted by Crippen LogP contribution is -2.41. The van der Waals surface area contributed by atoms with Crippen LogP contribution >= 0.6 is 11.8 Å². The summed E-state index contributed by atoms with van der Waals surface area (Å²) in [5, 5.41) is 12.3. The number of pyridine rings is 1. The van der Waals surface area contributed by atoms with Crippen LogP contribution < -0.4 is 5.32 Å². The van der Waals surface area contributed by atoms with Crippen LogP contribution in [0.2, 0.25) is 0 Å². The normalized spacial score (nSPS) is 17.8. The first-order chi connectivity index (χ1) is 15.4. The van der Waals surface area contributed by atoms with Gasteiger partial charge in [-0.1, -0.05) is 11.8 Å². The van der Waals surface area contributed by atoms with Crippen molar-refractivity contribution in [3.05, 3.63) is 66.0 Å². The van der Waals surface area contributed by atoms with Gasteiger partial charge in [-0.25, -0.2) is 4.39 Å². The number of carbonyl (C=O) groups is 1. The first-order valence-electron chi connectivity index (χ1n) is 10.5. The van der Waals surface area contributed by atoms with Gasteiger partial charge < -0.3 is 10.1 Å². The minimum absolute atomic E-state index is 0.0129. The maximum absolute atomic E-state index is 13.5. The summed E-state index contributed by atoms with van der Waals surface area (Å²) in [7, 11) is 0. The van der Waals surface area contributed by atoms with Crippen molar-refractivity contribution in [1.82, 2.24) is 25.1 Å². The second-order valence-corrected chi connectivity index (χ2v) is 9.31. The zero-order valence-corrected chi connectivity index (χ0v) is 18.9. The lowest BCUT2D eigenvalue weighted by atomic mass is 9.88. The summed E-state index contributed by atoms with van der Waals surface area (Å²) in [6.45, 7) is 4.82. The van der Waals surface area contributed by atoms with Crippen LogP contribution in [0.15, 0.2) is 53.9 Å². The zero-order valence-electron chi connectivity index (χ0n) is 18.1. The Balaban J connectivity index is 1.51. The quantitative estimate of drug-likeness (QED) is 0.544. The van der Waals surface area contributed by atoms with Gasteiger partial charge in [0.2, 0.25) is 5.91 Å². The van der Waals surface area contributed by atoms with Crippen LogP contribution in [0.25, 0.3) is 5.69 Å². The molecule has 3 aromatic rings. The van der Waals surface area contributed by atoms with Crippen LogP contribution in [0.4, 0.5) is 4.39 Å². The van der Waals surface area contributed by atoms with E-state index in [9.17, 15) is 9.18 Å². The molecule has 0 saturated carbocycles. The van der Waals surface area contributed by atoms with Crippen molar-refractivity contribution in [1.29, 1.82) is 0 Å². The molecule has 1 amide bonds. The van der Waals surface area contributed by atoms with Crippen molar-refractivity contribution in [3.63, 3.8) is 0 Å². The van der Waals surface area contributed by atoms with E-state index in [1.807, 2.05) is 30.5 Å². The molecule has 2 aromatic heterocycles. The molecular formula is C23H26FN5O2S. The van der Waals surface area contributed by atoms with Crippen molar-refractivity contribution in [3.8, 4) is 5.69 Å². The Hall–Kier alpha value is -2.78. The molecule has 3 heterocycles. The molecule has 1 aromatic carbocycles. The number of nitrogens with one attached hydrogen (secondary N) is 1. The molecular weight excluding hydrogens is 429 g/mol. The lowest BCUT2D eigenvalue weighted by Gasteiger charge is -2.34. The molecule has 1 fully saturated rings. The predicted molar refractivity (Wildman–Crippen MR) is 120 cm³/mol. The fourth-order valence-corrected chi connectivity index (χ4v) is 4.68. The van der Waals surface area contributed by atoms with E-state index in [-0.39, 0.29) is 29.8 Å². The number of nitrogens with zero attached hydrogens (tertiary/aromatic N) is 4. The van der Waals surface area contributed by atoms with E-state index in [4.69, 9.17) is 4.74 Å². The monoisotopic (exact) mass is 455 g/mol. The number of ether oxygens (including phenoxy) is 1. The number of benzene rings is 1. The van der Waals surface area contributed by atoms with E-state index in [1.165, 1.54) is 23.9 Å². The van der Waals surface area contributed by atoms with Crippen LogP contribution in [0.5, 0.6) is 0 Å². The molecule has 9 heteroatoms. The second-order valence-electron chi connectivity index (χ2n) is 8.37. The lowest BCUT2D eigenvalue weighted by molar-refractivity contribution is -0.135. The zero-order chi connectivity index (χ0) is 22.6. The molecule has 1 saturated heterocycles. The highest BCUT2D eigenvalue weighted by Gasteiger charge is 2.33. The number of halogens is 1. The van der Waals surface area contributed by atoms with Gasteiger partial charge in [0.15, 0.2) is 11.0 Å². The van der Waals surface area contributed by atoms with Crippen LogP contribution in [0.1, 0.15) is 38.1 Å². The Bertz CT molecular complexity index is 1060. The molecule has 0 bridgehead atoms. The van der Waals surface area contributed by atoms with Gasteiger partial charge in [0, 0.05) is 36.4 Å². The van der Waals surface area contributed by atoms with Gasteiger partial charge in [-0.2, -0.15) is 0 Å². The van der Waals surface area contributed by atoms with E-state index in [1.54, 1.807) is 24.5 Å². The van der Waals surface area contributed by atoms with Crippen molar-refractivity contribution < 1.29 is 13.9 Å². The van der Waals surface area contributed by atoms with Crippen molar-refractivity contribution >= 4 is 17.7 Å². The molecule has 1 aliphatic heterocycles.